The van der Waals surface area contributed by atoms with Crippen LogP contribution in [0.4, 0.5) is 10.3 Å². The molecule has 4 N–H and O–H groups in total. The Labute approximate surface area is 225 Å². The van der Waals surface area contributed by atoms with Crippen molar-refractivity contribution in [2.24, 2.45) is 5.92 Å². The van der Waals surface area contributed by atoms with E-state index in [0.29, 0.717) is 0 Å². The largest absolute Gasteiger partial charge is 0.479 e. The average Bonchev–Trinajstić information content (AvgIpc) is 3.39. The quantitative estimate of drug-likeness (QED) is 0.212. The van der Waals surface area contributed by atoms with Crippen molar-refractivity contribution in [3.8, 4) is 5.88 Å². The lowest BCUT2D eigenvalue weighted by atomic mass is 10.1. The molecule has 13 nitrogen and oxygen atoms in total. The second-order valence-corrected chi connectivity index (χ2v) is 12.4. The fraction of sp³-hybridized carbons (Fsp3) is 0.500. The van der Waals surface area contributed by atoms with Gasteiger partial charge < -0.3 is 24.8 Å². The molecule has 0 aliphatic carbocycles. The molecule has 206 valence electrons. The van der Waals surface area contributed by atoms with Crippen LogP contribution in [0.1, 0.15) is 25.6 Å². The maximum absolute atomic E-state index is 15.8. The number of nitrogens with one attached hydrogen (secondary N) is 1. The normalized spacial score (nSPS) is 25.8. The molecule has 1 aliphatic rings. The fourth-order valence-corrected chi connectivity index (χ4v) is 6.63. The summed E-state index contributed by atoms with van der Waals surface area (Å²) in [5.41, 5.74) is 6.83. The van der Waals surface area contributed by atoms with Gasteiger partial charge in [0.2, 0.25) is 16.4 Å². The van der Waals surface area contributed by atoms with E-state index in [2.05, 4.69) is 41.0 Å². The Hall–Kier alpha value is -2.55. The summed E-state index contributed by atoms with van der Waals surface area (Å²) in [5, 5.41) is 13.7. The number of methoxy groups -OCH3 is 1. The first-order valence-electron chi connectivity index (χ1n) is 11.6. The summed E-state index contributed by atoms with van der Waals surface area (Å²) >= 11 is 2.93. The first-order valence-corrected chi connectivity index (χ1v) is 14.2. The number of halogens is 2. The molecule has 1 saturated heterocycles. The highest BCUT2D eigenvalue weighted by Gasteiger charge is 2.57. The Morgan fingerprint density at radius 3 is 2.89 bits per heavy atom. The number of nitrogens with zero attached hydrogens (tertiary/aromatic N) is 5. The van der Waals surface area contributed by atoms with Gasteiger partial charge in [-0.3, -0.25) is 18.9 Å². The number of carbonyl (C=O) groups excluding carboxylic acids is 1. The van der Waals surface area contributed by atoms with E-state index in [1.54, 1.807) is 31.5 Å². The molecule has 3 aromatic rings. The predicted molar refractivity (Wildman–Crippen MR) is 138 cm³/mol. The molecule has 0 amide bonds. The molecule has 0 aromatic carbocycles. The van der Waals surface area contributed by atoms with Gasteiger partial charge in [-0.2, -0.15) is 9.97 Å². The molecule has 1 fully saturated rings. The van der Waals surface area contributed by atoms with Crippen LogP contribution < -0.4 is 15.6 Å². The van der Waals surface area contributed by atoms with Crippen LogP contribution in [0.3, 0.4) is 0 Å². The van der Waals surface area contributed by atoms with E-state index in [0.717, 1.165) is 5.56 Å². The van der Waals surface area contributed by atoms with Crippen molar-refractivity contribution >= 4 is 46.3 Å². The minimum absolute atomic E-state index is 0.0870. The third-order valence-electron chi connectivity index (χ3n) is 6.13. The zero-order chi connectivity index (χ0) is 27.7. The molecule has 1 aliphatic heterocycles. The Morgan fingerprint density at radius 2 is 2.24 bits per heavy atom. The number of aliphatic hydroxyl groups excluding tert-OH is 1. The number of pyridine rings is 1. The van der Waals surface area contributed by atoms with Gasteiger partial charge >= 0.3 is 0 Å². The number of carbonyl (C=O) groups is 1. The monoisotopic (exact) mass is 615 g/mol. The fourth-order valence-electron chi connectivity index (χ4n) is 3.89. The summed E-state index contributed by atoms with van der Waals surface area (Å²) in [7, 11) is -2.28. The van der Waals surface area contributed by atoms with E-state index < -0.39 is 43.1 Å². The van der Waals surface area contributed by atoms with Crippen molar-refractivity contribution in [3.05, 3.63) is 36.4 Å². The van der Waals surface area contributed by atoms with Gasteiger partial charge in [-0.05, 0) is 34.5 Å². The molecule has 38 heavy (non-hydrogen) atoms. The van der Waals surface area contributed by atoms with E-state index in [1.165, 1.54) is 24.9 Å². The van der Waals surface area contributed by atoms with Crippen molar-refractivity contribution < 1.29 is 32.9 Å². The van der Waals surface area contributed by atoms with Gasteiger partial charge in [-0.15, -0.1) is 0 Å². The molecule has 4 heterocycles. The maximum Gasteiger partial charge on any atom is 0.270 e. The van der Waals surface area contributed by atoms with Crippen molar-refractivity contribution in [3.63, 3.8) is 0 Å². The molecule has 0 radical (unpaired) electrons. The summed E-state index contributed by atoms with van der Waals surface area (Å²) in [6, 6.07) is 3.52. The number of aromatic nitrogens is 5. The number of hydrogen-bond donors (Lipinski definition) is 3. The molecule has 0 spiro atoms. The molecule has 0 bridgehead atoms. The zero-order valence-corrected chi connectivity index (χ0v) is 23.3. The Morgan fingerprint density at radius 1 is 1.47 bits per heavy atom. The van der Waals surface area contributed by atoms with Gasteiger partial charge in [-0.1, -0.05) is 13.0 Å². The molecule has 0 saturated carbocycles. The maximum atomic E-state index is 15.8. The predicted octanol–water partition coefficient (Wildman–Crippen LogP) is 2.36. The highest BCUT2D eigenvalue weighted by atomic mass is 79.9. The van der Waals surface area contributed by atoms with Crippen LogP contribution in [0.2, 0.25) is 0 Å². The topological polar surface area (TPSA) is 177 Å². The van der Waals surface area contributed by atoms with Crippen LogP contribution in [-0.2, 0) is 25.2 Å². The van der Waals surface area contributed by atoms with E-state index >= 15 is 4.39 Å². The second-order valence-electron chi connectivity index (χ2n) is 8.92. The minimum Gasteiger partial charge on any atom is -0.479 e. The molecule has 4 rings (SSSR count). The van der Waals surface area contributed by atoms with Crippen LogP contribution in [0, 0.1) is 5.92 Å². The Bertz CT molecular complexity index is 1350. The molecular formula is C22H28BrFN7O6P. The first kappa shape index (κ1) is 28.5. The number of ketones is 1. The van der Waals surface area contributed by atoms with Crippen LogP contribution >= 0.6 is 23.4 Å². The lowest BCUT2D eigenvalue weighted by Crippen LogP contribution is -2.38. The highest BCUT2D eigenvalue weighted by Crippen LogP contribution is 2.50. The van der Waals surface area contributed by atoms with E-state index in [4.69, 9.17) is 19.7 Å². The number of nitrogen functional groups attached to an aromatic ring is 1. The van der Waals surface area contributed by atoms with Crippen LogP contribution in [0.15, 0.2) is 30.9 Å². The number of hydrogen-bond acceptors (Lipinski definition) is 11. The van der Waals surface area contributed by atoms with Crippen molar-refractivity contribution in [1.29, 1.82) is 0 Å². The SMILES string of the molecule is COc1nc(N)nc2c1ncn2[C@@H]1O[C@H](COP(=O)(C[C@@H](C)C(C)=O)NCc2cccnc2)C(O)[C@]1(F)Br. The number of fused-ring (bicyclic) bond motifs is 1. The van der Waals surface area contributed by atoms with Gasteiger partial charge in [0, 0.05) is 31.0 Å². The Balaban J connectivity index is 1.54. The summed E-state index contributed by atoms with van der Waals surface area (Å²) in [6.45, 7) is 2.75. The number of imidazole rings is 1. The van der Waals surface area contributed by atoms with E-state index in [1.807, 2.05) is 0 Å². The van der Waals surface area contributed by atoms with Crippen LogP contribution in [0.25, 0.3) is 11.2 Å². The average molecular weight is 616 g/mol. The number of alkyl halides is 2. The molecule has 6 atom stereocenters. The molecule has 16 heteroatoms. The number of nitrogens with two attached hydrogens (primary N) is 1. The standard InChI is InChI=1S/C22H28BrFN7O6P/c1-12(13(2)32)10-38(34,28-8-14-5-4-6-26-7-14)36-9-15-17(33)22(23,24)20(37-15)31-11-27-16-18(31)29-21(25)30-19(16)35-3/h4-7,11-12,15,17,20,33H,8-10H2,1-3H3,(H,28,34)(H2,25,29,30)/t12-,15-,17?,20-,22-,38?/m1/s1. The molecule has 3 aromatic heterocycles. The van der Waals surface area contributed by atoms with Crippen LogP contribution in [-0.4, -0.2) is 72.1 Å². The van der Waals surface area contributed by atoms with Crippen LogP contribution in [0.5, 0.6) is 5.88 Å². The van der Waals surface area contributed by atoms with Gasteiger partial charge in [0.05, 0.1) is 20.0 Å². The number of ether oxygens (including phenoxy) is 2. The third kappa shape index (κ3) is 5.87. The summed E-state index contributed by atoms with van der Waals surface area (Å²) in [5.74, 6) is -0.780. The summed E-state index contributed by atoms with van der Waals surface area (Å²) in [6.07, 6.45) is -0.0707. The van der Waals surface area contributed by atoms with Gasteiger partial charge in [0.15, 0.2) is 17.4 Å². The van der Waals surface area contributed by atoms with Crippen molar-refractivity contribution in [1.82, 2.24) is 29.6 Å². The summed E-state index contributed by atoms with van der Waals surface area (Å²) in [4.78, 5) is 28.1. The molecular weight excluding hydrogens is 588 g/mol. The van der Waals surface area contributed by atoms with Gasteiger partial charge in [0.25, 0.3) is 7.52 Å². The van der Waals surface area contributed by atoms with E-state index in [9.17, 15) is 14.5 Å². The smallest absolute Gasteiger partial charge is 0.270 e. The number of Topliss-reactive ketones (excluding diaryl/α,β-unsaturated/α-hetero) is 1. The van der Waals surface area contributed by atoms with Crippen molar-refractivity contribution in [2.45, 2.75) is 43.4 Å². The number of aliphatic hydroxyl groups is 1. The highest BCUT2D eigenvalue weighted by molar-refractivity contribution is 9.10. The third-order valence-corrected chi connectivity index (χ3v) is 9.23. The van der Waals surface area contributed by atoms with Crippen molar-refractivity contribution in [2.75, 3.05) is 25.6 Å². The Kier molecular flexibility index (Phi) is 8.45. The number of anilines is 1. The van der Waals surface area contributed by atoms with E-state index in [-0.39, 0.29) is 41.5 Å². The van der Waals surface area contributed by atoms with Gasteiger partial charge in [0.1, 0.15) is 18.0 Å². The second kappa shape index (κ2) is 11.3. The lowest BCUT2D eigenvalue weighted by Gasteiger charge is -2.24. The minimum atomic E-state index is -3.65. The van der Waals surface area contributed by atoms with Gasteiger partial charge in [-0.25, -0.2) is 14.5 Å². The number of rotatable bonds is 11. The molecule has 2 unspecified atom stereocenters. The summed E-state index contributed by atoms with van der Waals surface area (Å²) < 4.78 is 45.0. The first-order chi connectivity index (χ1) is 17.9. The zero-order valence-electron chi connectivity index (χ0n) is 20.8. The lowest BCUT2D eigenvalue weighted by molar-refractivity contribution is -0.119.